The third-order valence-electron chi connectivity index (χ3n) is 2.20. The van der Waals surface area contributed by atoms with Gasteiger partial charge >= 0.3 is 7.94 Å². The summed E-state index contributed by atoms with van der Waals surface area (Å²) in [7, 11) is -1.13. The lowest BCUT2D eigenvalue weighted by molar-refractivity contribution is 0.188. The van der Waals surface area contributed by atoms with E-state index < -0.39 is 7.94 Å². The predicted molar refractivity (Wildman–Crippen MR) is 69.1 cm³/mol. The molecule has 0 atom stereocenters. The van der Waals surface area contributed by atoms with Crippen LogP contribution >= 0.6 is 7.94 Å². The van der Waals surface area contributed by atoms with Gasteiger partial charge in [0.05, 0.1) is 20.3 Å². The first-order valence-corrected chi connectivity index (χ1v) is 7.42. The molecule has 0 radical (unpaired) electrons. The predicted octanol–water partition coefficient (Wildman–Crippen LogP) is 3.02. The highest BCUT2D eigenvalue weighted by Crippen LogP contribution is 2.59. The molecule has 0 unspecified atom stereocenters. The molecule has 1 N–H and O–H groups in total. The number of ether oxygens (including phenoxy) is 1. The smallest absolute Gasteiger partial charge is 0.413 e. The summed E-state index contributed by atoms with van der Waals surface area (Å²) in [5, 5.41) is 0. The first-order valence-electron chi connectivity index (χ1n) is 5.66. The van der Waals surface area contributed by atoms with E-state index in [1.165, 1.54) is 0 Å². The van der Waals surface area contributed by atoms with Crippen LogP contribution in [0.15, 0.2) is 24.3 Å². The summed E-state index contributed by atoms with van der Waals surface area (Å²) < 4.78 is 15.8. The van der Waals surface area contributed by atoms with Crippen molar-refractivity contribution < 1.29 is 18.7 Å². The highest BCUT2D eigenvalue weighted by Gasteiger charge is 2.39. The SMILES string of the molecule is CCO[P+](O)(Cc1ccc(OC)cc1)OCC. The van der Waals surface area contributed by atoms with E-state index in [2.05, 4.69) is 0 Å². The molecule has 0 saturated heterocycles. The maximum absolute atomic E-state index is 10.2. The van der Waals surface area contributed by atoms with Crippen molar-refractivity contribution in [1.82, 2.24) is 0 Å². The van der Waals surface area contributed by atoms with Gasteiger partial charge in [0.25, 0.3) is 0 Å². The maximum Gasteiger partial charge on any atom is 0.413 e. The number of hydrogen-bond donors (Lipinski definition) is 1. The molecule has 0 amide bonds. The fourth-order valence-electron chi connectivity index (χ4n) is 1.49. The quantitative estimate of drug-likeness (QED) is 0.765. The van der Waals surface area contributed by atoms with Crippen LogP contribution < -0.4 is 4.74 Å². The molecule has 0 spiro atoms. The minimum absolute atomic E-state index is 0.401. The van der Waals surface area contributed by atoms with Gasteiger partial charge in [-0.25, -0.2) is 0 Å². The summed E-state index contributed by atoms with van der Waals surface area (Å²) in [5.74, 6) is 0.795. The summed E-state index contributed by atoms with van der Waals surface area (Å²) in [6, 6.07) is 7.53. The van der Waals surface area contributed by atoms with Gasteiger partial charge in [0.2, 0.25) is 0 Å². The number of hydrogen-bond acceptors (Lipinski definition) is 4. The molecule has 0 aliphatic rings. The molecule has 5 heteroatoms. The van der Waals surface area contributed by atoms with E-state index in [1.807, 2.05) is 38.1 Å². The van der Waals surface area contributed by atoms with Crippen LogP contribution in [-0.4, -0.2) is 25.2 Å². The van der Waals surface area contributed by atoms with Crippen LogP contribution in [0, 0.1) is 0 Å². The van der Waals surface area contributed by atoms with Gasteiger partial charge in [-0.15, -0.1) is 0 Å². The van der Waals surface area contributed by atoms with E-state index in [0.29, 0.717) is 19.4 Å². The molecule has 1 rings (SSSR count). The Balaban J connectivity index is 2.71. The first kappa shape index (κ1) is 14.4. The van der Waals surface area contributed by atoms with Crippen LogP contribution in [0.25, 0.3) is 0 Å². The van der Waals surface area contributed by atoms with Crippen LogP contribution in [0.4, 0.5) is 0 Å². The van der Waals surface area contributed by atoms with Gasteiger partial charge in [0.1, 0.15) is 5.75 Å². The van der Waals surface area contributed by atoms with E-state index in [-0.39, 0.29) is 0 Å². The summed E-state index contributed by atoms with van der Waals surface area (Å²) in [4.78, 5) is 10.2. The van der Waals surface area contributed by atoms with Crippen LogP contribution in [0.2, 0.25) is 0 Å². The van der Waals surface area contributed by atoms with E-state index >= 15 is 0 Å². The second-order valence-electron chi connectivity index (χ2n) is 3.48. The number of methoxy groups -OCH3 is 1. The molecule has 4 nitrogen and oxygen atoms in total. The Labute approximate surface area is 103 Å². The molecule has 0 aliphatic heterocycles. The lowest BCUT2D eigenvalue weighted by Crippen LogP contribution is -2.05. The lowest BCUT2D eigenvalue weighted by Gasteiger charge is -2.15. The van der Waals surface area contributed by atoms with Crippen molar-refractivity contribution in [3.63, 3.8) is 0 Å². The molecule has 0 fully saturated rings. The largest absolute Gasteiger partial charge is 0.497 e. The minimum atomic E-state index is -2.76. The highest BCUT2D eigenvalue weighted by molar-refractivity contribution is 7.59. The van der Waals surface area contributed by atoms with Crippen molar-refractivity contribution >= 4 is 7.94 Å². The molecule has 0 heterocycles. The van der Waals surface area contributed by atoms with Gasteiger partial charge in [-0.3, -0.25) is 0 Å². The molecule has 1 aromatic carbocycles. The molecule has 1 aromatic rings. The Morgan fingerprint density at radius 3 is 2.00 bits per heavy atom. The minimum Gasteiger partial charge on any atom is -0.497 e. The monoisotopic (exact) mass is 259 g/mol. The standard InChI is InChI=1S/C12H20O4P/c1-4-15-17(13,16-5-2)10-11-6-8-12(14-3)9-7-11/h6-9,13H,4-5,10H2,1-3H3/q+1. The van der Waals surface area contributed by atoms with Gasteiger partial charge in [-0.05, 0) is 31.5 Å². The topological polar surface area (TPSA) is 47.9 Å². The van der Waals surface area contributed by atoms with E-state index in [4.69, 9.17) is 13.8 Å². The molecular formula is C12H20O4P+. The van der Waals surface area contributed by atoms with Crippen LogP contribution in [0.1, 0.15) is 19.4 Å². The lowest BCUT2D eigenvalue weighted by atomic mass is 10.2. The maximum atomic E-state index is 10.2. The Morgan fingerprint density at radius 2 is 1.59 bits per heavy atom. The van der Waals surface area contributed by atoms with Crippen LogP contribution in [0.5, 0.6) is 5.75 Å². The summed E-state index contributed by atoms with van der Waals surface area (Å²) in [6.07, 6.45) is 0.401. The average molecular weight is 259 g/mol. The molecular weight excluding hydrogens is 239 g/mol. The summed E-state index contributed by atoms with van der Waals surface area (Å²) in [5.41, 5.74) is 0.975. The van der Waals surface area contributed by atoms with E-state index in [1.54, 1.807) is 7.11 Å². The number of rotatable bonds is 7. The Morgan fingerprint density at radius 1 is 1.06 bits per heavy atom. The fraction of sp³-hybridized carbons (Fsp3) is 0.500. The Hall–Kier alpha value is -0.670. The zero-order valence-corrected chi connectivity index (χ0v) is 11.4. The summed E-state index contributed by atoms with van der Waals surface area (Å²) >= 11 is 0. The second kappa shape index (κ2) is 6.92. The fourth-order valence-corrected chi connectivity index (χ4v) is 3.23. The third kappa shape index (κ3) is 4.60. The number of benzene rings is 1. The van der Waals surface area contributed by atoms with Gasteiger partial charge in [0, 0.05) is 0 Å². The normalized spacial score (nSPS) is 11.5. The van der Waals surface area contributed by atoms with Gasteiger partial charge in [-0.1, -0.05) is 12.1 Å². The van der Waals surface area contributed by atoms with Crippen molar-refractivity contribution in [3.8, 4) is 5.75 Å². The molecule has 0 aromatic heterocycles. The van der Waals surface area contributed by atoms with Crippen LogP contribution in [-0.2, 0) is 15.2 Å². The zero-order chi connectivity index (χ0) is 12.7. The van der Waals surface area contributed by atoms with Crippen molar-refractivity contribution in [2.45, 2.75) is 20.0 Å². The van der Waals surface area contributed by atoms with Gasteiger partial charge < -0.3 is 4.74 Å². The molecule has 17 heavy (non-hydrogen) atoms. The van der Waals surface area contributed by atoms with Crippen molar-refractivity contribution in [2.24, 2.45) is 0 Å². The second-order valence-corrected chi connectivity index (χ2v) is 5.59. The highest BCUT2D eigenvalue weighted by atomic mass is 31.2. The molecule has 0 saturated carbocycles. The Bertz CT molecular complexity index is 320. The summed E-state index contributed by atoms with van der Waals surface area (Å²) in [6.45, 7) is 4.58. The van der Waals surface area contributed by atoms with E-state index in [0.717, 1.165) is 11.3 Å². The van der Waals surface area contributed by atoms with Gasteiger partial charge in [0.15, 0.2) is 6.16 Å². The third-order valence-corrected chi connectivity index (χ3v) is 4.29. The van der Waals surface area contributed by atoms with Crippen molar-refractivity contribution in [1.29, 1.82) is 0 Å². The Kier molecular flexibility index (Phi) is 5.86. The molecule has 0 bridgehead atoms. The van der Waals surface area contributed by atoms with Crippen molar-refractivity contribution in [2.75, 3.05) is 20.3 Å². The average Bonchev–Trinajstić information content (AvgIpc) is 2.30. The molecule has 0 aliphatic carbocycles. The molecule has 96 valence electrons. The van der Waals surface area contributed by atoms with Crippen LogP contribution in [0.3, 0.4) is 0 Å². The first-order chi connectivity index (χ1) is 8.13. The van der Waals surface area contributed by atoms with Crippen molar-refractivity contribution in [3.05, 3.63) is 29.8 Å². The van der Waals surface area contributed by atoms with E-state index in [9.17, 15) is 4.89 Å². The van der Waals surface area contributed by atoms with Gasteiger partial charge in [-0.2, -0.15) is 13.9 Å². The zero-order valence-electron chi connectivity index (χ0n) is 10.5.